The van der Waals surface area contributed by atoms with Crippen molar-refractivity contribution >= 4 is 6.98 Å². The van der Waals surface area contributed by atoms with Gasteiger partial charge in [-0.15, -0.1) is 0 Å². The molecule has 0 aromatic heterocycles. The molecule has 0 N–H and O–H groups in total. The van der Waals surface area contributed by atoms with Crippen LogP contribution in [0.25, 0.3) is 0 Å². The Morgan fingerprint density at radius 2 is 2.07 bits per heavy atom. The molecule has 1 heterocycles. The van der Waals surface area contributed by atoms with E-state index >= 15 is 0 Å². The maximum atomic E-state index is 11.9. The molecule has 7 heteroatoms. The summed E-state index contributed by atoms with van der Waals surface area (Å²) in [6.45, 7) is -0.839. The fourth-order valence-electron chi connectivity index (χ4n) is 1.42. The van der Waals surface area contributed by atoms with Crippen LogP contribution < -0.4 is 51.4 Å². The van der Waals surface area contributed by atoms with E-state index in [9.17, 15) is 12.9 Å². The van der Waals surface area contributed by atoms with E-state index in [-0.39, 0.29) is 64.0 Å². The zero-order valence-electron chi connectivity index (χ0n) is 8.68. The van der Waals surface area contributed by atoms with E-state index in [4.69, 9.17) is 4.74 Å². The molecule has 0 aliphatic carbocycles. The van der Waals surface area contributed by atoms with Gasteiger partial charge < -0.3 is 22.6 Å². The van der Waals surface area contributed by atoms with Crippen LogP contribution in [0.15, 0.2) is 0 Å². The van der Waals surface area contributed by atoms with E-state index in [1.807, 2.05) is 11.8 Å². The molecule has 0 saturated carbocycles. The van der Waals surface area contributed by atoms with Crippen molar-refractivity contribution in [2.75, 3.05) is 26.2 Å². The maximum absolute atomic E-state index is 11.9. The topological polar surface area (TPSA) is 12.5 Å². The molecule has 14 heavy (non-hydrogen) atoms. The quantitative estimate of drug-likeness (QED) is 0.555. The summed E-state index contributed by atoms with van der Waals surface area (Å²) >= 11 is 0. The summed E-state index contributed by atoms with van der Waals surface area (Å²) < 4.78 is 41.0. The summed E-state index contributed by atoms with van der Waals surface area (Å²) in [6, 6.07) is 0. The largest absolute Gasteiger partial charge is 1.00 e. The second-order valence-corrected chi connectivity index (χ2v) is 3.48. The summed E-state index contributed by atoms with van der Waals surface area (Å²) in [7, 11) is 0. The van der Waals surface area contributed by atoms with Crippen LogP contribution in [-0.4, -0.2) is 44.2 Å². The van der Waals surface area contributed by atoms with Crippen molar-refractivity contribution in [3.8, 4) is 0 Å². The van der Waals surface area contributed by atoms with E-state index < -0.39 is 13.3 Å². The molecule has 0 radical (unpaired) electrons. The minimum absolute atomic E-state index is 0. The predicted molar refractivity (Wildman–Crippen MR) is 45.7 cm³/mol. The van der Waals surface area contributed by atoms with E-state index in [1.54, 1.807) is 0 Å². The monoisotopic (exact) mass is 235 g/mol. The zero-order chi connectivity index (χ0) is 9.90. The van der Waals surface area contributed by atoms with Crippen LogP contribution in [-0.2, 0) is 4.74 Å². The molecule has 0 aromatic carbocycles. The Labute approximate surface area is 125 Å². The average molecular weight is 235 g/mol. The van der Waals surface area contributed by atoms with Gasteiger partial charge in [-0.05, 0) is 13.5 Å². The van der Waals surface area contributed by atoms with Crippen molar-refractivity contribution in [3.63, 3.8) is 0 Å². The molecule has 78 valence electrons. The van der Waals surface area contributed by atoms with Gasteiger partial charge in [0.15, 0.2) is 0 Å². The second kappa shape index (κ2) is 6.88. The smallest absolute Gasteiger partial charge is 0.449 e. The fourth-order valence-corrected chi connectivity index (χ4v) is 1.42. The first-order valence-electron chi connectivity index (χ1n) is 4.52. The number of rotatable bonds is 3. The van der Waals surface area contributed by atoms with E-state index in [0.717, 1.165) is 0 Å². The Morgan fingerprint density at radius 3 is 2.57 bits per heavy atom. The van der Waals surface area contributed by atoms with Crippen LogP contribution in [0.4, 0.5) is 12.9 Å². The number of halogens is 3. The van der Waals surface area contributed by atoms with Crippen molar-refractivity contribution < 1.29 is 69.1 Å². The third kappa shape index (κ3) is 6.81. The SMILES string of the molecule is CC1CN(CC[B-](F)(F)F)CCO1.[K+]. The first kappa shape index (κ1) is 15.4. The Balaban J connectivity index is 0.00000169. The van der Waals surface area contributed by atoms with Gasteiger partial charge in [0.2, 0.25) is 0 Å². The number of hydrogen-bond donors (Lipinski definition) is 0. The fraction of sp³-hybridized carbons (Fsp3) is 1.00. The van der Waals surface area contributed by atoms with Crippen molar-refractivity contribution in [2.24, 2.45) is 0 Å². The van der Waals surface area contributed by atoms with Crippen LogP contribution in [0.3, 0.4) is 0 Å². The van der Waals surface area contributed by atoms with Crippen molar-refractivity contribution in [3.05, 3.63) is 0 Å². The van der Waals surface area contributed by atoms with Crippen LogP contribution in [0.5, 0.6) is 0 Å². The molecule has 2 nitrogen and oxygen atoms in total. The molecule has 1 fully saturated rings. The standard InChI is InChI=1S/C7H14BF3NO.K/c1-7-6-12(4-5-13-7)3-2-8(9,10)11;/h7H,2-6H2,1H3;/q-1;+1. The van der Waals surface area contributed by atoms with E-state index in [2.05, 4.69) is 0 Å². The van der Waals surface area contributed by atoms with Crippen LogP contribution in [0.2, 0.25) is 6.32 Å². The van der Waals surface area contributed by atoms with E-state index in [0.29, 0.717) is 19.7 Å². The van der Waals surface area contributed by atoms with Crippen molar-refractivity contribution in [1.29, 1.82) is 0 Å². The molecule has 1 aliphatic rings. The minimum Gasteiger partial charge on any atom is -0.449 e. The molecule has 1 atom stereocenters. The average Bonchev–Trinajstić information content (AvgIpc) is 2.00. The number of ether oxygens (including phenoxy) is 1. The summed E-state index contributed by atoms with van der Waals surface area (Å²) in [5.74, 6) is 0. The summed E-state index contributed by atoms with van der Waals surface area (Å²) in [4.78, 5) is 1.81. The summed E-state index contributed by atoms with van der Waals surface area (Å²) in [5, 5.41) is 0. The molecule has 0 aromatic rings. The van der Waals surface area contributed by atoms with E-state index in [1.165, 1.54) is 0 Å². The molecular formula is C7H14BF3KNO. The summed E-state index contributed by atoms with van der Waals surface area (Å²) in [5.41, 5.74) is 0. The molecule has 0 amide bonds. The predicted octanol–water partition coefficient (Wildman–Crippen LogP) is -1.44. The van der Waals surface area contributed by atoms with Gasteiger partial charge in [0.05, 0.1) is 12.7 Å². The summed E-state index contributed by atoms with van der Waals surface area (Å²) in [6.07, 6.45) is -0.596. The Morgan fingerprint density at radius 1 is 1.43 bits per heavy atom. The van der Waals surface area contributed by atoms with Gasteiger partial charge in [0, 0.05) is 13.1 Å². The van der Waals surface area contributed by atoms with Crippen LogP contribution >= 0.6 is 0 Å². The molecule has 0 spiro atoms. The first-order chi connectivity index (χ1) is 5.97. The van der Waals surface area contributed by atoms with Crippen molar-refractivity contribution in [2.45, 2.75) is 19.3 Å². The minimum atomic E-state index is -4.63. The Bertz CT molecular complexity index is 170. The second-order valence-electron chi connectivity index (χ2n) is 3.48. The molecule has 1 saturated heterocycles. The molecular weight excluding hydrogens is 221 g/mol. The molecule has 0 bridgehead atoms. The van der Waals surface area contributed by atoms with Crippen LogP contribution in [0, 0.1) is 0 Å². The number of hydrogen-bond acceptors (Lipinski definition) is 2. The Kier molecular flexibility index (Phi) is 7.57. The van der Waals surface area contributed by atoms with Gasteiger partial charge in [0.25, 0.3) is 0 Å². The van der Waals surface area contributed by atoms with Crippen LogP contribution in [0.1, 0.15) is 6.92 Å². The molecule has 1 unspecified atom stereocenters. The van der Waals surface area contributed by atoms with Gasteiger partial charge in [0.1, 0.15) is 0 Å². The Hall–Kier alpha value is 1.41. The third-order valence-electron chi connectivity index (χ3n) is 2.10. The van der Waals surface area contributed by atoms with Crippen molar-refractivity contribution in [1.82, 2.24) is 4.90 Å². The normalized spacial score (nSPS) is 24.4. The molecule has 1 aliphatic heterocycles. The molecule has 1 rings (SSSR count). The third-order valence-corrected chi connectivity index (χ3v) is 2.10. The number of nitrogens with zero attached hydrogens (tertiary/aromatic N) is 1. The van der Waals surface area contributed by atoms with Gasteiger partial charge in [-0.25, -0.2) is 0 Å². The van der Waals surface area contributed by atoms with Gasteiger partial charge in [-0.2, -0.15) is 0 Å². The zero-order valence-corrected chi connectivity index (χ0v) is 11.8. The first-order valence-corrected chi connectivity index (χ1v) is 4.52. The van der Waals surface area contributed by atoms with Gasteiger partial charge in [-0.3, -0.25) is 0 Å². The number of morpholine rings is 1. The van der Waals surface area contributed by atoms with Gasteiger partial charge >= 0.3 is 58.4 Å². The van der Waals surface area contributed by atoms with Gasteiger partial charge in [-0.1, -0.05) is 6.32 Å². The maximum Gasteiger partial charge on any atom is 1.00 e.